The Bertz CT molecular complexity index is 1320. The Morgan fingerprint density at radius 3 is 2.90 bits per heavy atom. The number of aromatic nitrogens is 3. The number of hydrogen-bond acceptors (Lipinski definition) is 6. The highest BCUT2D eigenvalue weighted by Gasteiger charge is 2.36. The van der Waals surface area contributed by atoms with Crippen LogP contribution in [0.4, 0.5) is 0 Å². The van der Waals surface area contributed by atoms with Crippen LogP contribution < -0.4 is 11.3 Å². The summed E-state index contributed by atoms with van der Waals surface area (Å²) in [7, 11) is -3.79. The van der Waals surface area contributed by atoms with Gasteiger partial charge >= 0.3 is 5.76 Å². The van der Waals surface area contributed by atoms with Gasteiger partial charge in [-0.3, -0.25) is 9.78 Å². The summed E-state index contributed by atoms with van der Waals surface area (Å²) in [6.07, 6.45) is 4.10. The molecule has 2 aliphatic rings. The summed E-state index contributed by atoms with van der Waals surface area (Å²) >= 11 is 0. The highest BCUT2D eigenvalue weighted by molar-refractivity contribution is 7.89. The zero-order valence-corrected chi connectivity index (χ0v) is 16.4. The molecule has 0 spiro atoms. The molecule has 1 atom stereocenters. The number of hydrogen-bond donors (Lipinski definition) is 1. The first kappa shape index (κ1) is 18.3. The minimum Gasteiger partial charge on any atom is -0.408 e. The van der Waals surface area contributed by atoms with Crippen molar-refractivity contribution in [3.05, 3.63) is 56.4 Å². The van der Waals surface area contributed by atoms with Crippen LogP contribution in [0.15, 0.2) is 43.2 Å². The Morgan fingerprint density at radius 2 is 2.03 bits per heavy atom. The lowest BCUT2D eigenvalue weighted by Gasteiger charge is -2.24. The average Bonchev–Trinajstić information content (AvgIpc) is 3.40. The van der Waals surface area contributed by atoms with Gasteiger partial charge < -0.3 is 4.42 Å². The van der Waals surface area contributed by atoms with E-state index in [2.05, 4.69) is 10.1 Å². The molecule has 1 N–H and O–H groups in total. The quantitative estimate of drug-likeness (QED) is 0.678. The van der Waals surface area contributed by atoms with Crippen molar-refractivity contribution in [2.24, 2.45) is 0 Å². The van der Waals surface area contributed by atoms with E-state index in [1.807, 2.05) is 0 Å². The molecule has 0 saturated carbocycles. The molecule has 1 saturated heterocycles. The van der Waals surface area contributed by atoms with Crippen LogP contribution in [0.1, 0.15) is 30.5 Å². The number of aryl methyl sites for hydroxylation is 2. The molecule has 1 aliphatic carbocycles. The second kappa shape index (κ2) is 6.67. The van der Waals surface area contributed by atoms with Crippen LogP contribution in [0.5, 0.6) is 0 Å². The highest BCUT2D eigenvalue weighted by atomic mass is 32.2. The molecule has 0 bridgehead atoms. The van der Waals surface area contributed by atoms with Crippen molar-refractivity contribution in [2.45, 2.75) is 49.6 Å². The van der Waals surface area contributed by atoms with Crippen LogP contribution in [0.2, 0.25) is 0 Å². The molecule has 1 unspecified atom stereocenters. The third-order valence-corrected chi connectivity index (χ3v) is 7.68. The number of sulfonamides is 1. The minimum absolute atomic E-state index is 0.0863. The molecule has 1 fully saturated rings. The van der Waals surface area contributed by atoms with Crippen LogP contribution in [-0.4, -0.2) is 40.1 Å². The molecule has 3 heterocycles. The average molecular weight is 416 g/mol. The molecule has 1 aromatic carbocycles. The predicted octanol–water partition coefficient (Wildman–Crippen LogP) is 1.02. The van der Waals surface area contributed by atoms with Gasteiger partial charge in [-0.1, -0.05) is 0 Å². The van der Waals surface area contributed by atoms with Gasteiger partial charge in [-0.15, -0.1) is 0 Å². The molecule has 29 heavy (non-hydrogen) atoms. The van der Waals surface area contributed by atoms with E-state index in [9.17, 15) is 18.0 Å². The van der Waals surface area contributed by atoms with E-state index < -0.39 is 15.8 Å². The molecule has 1 aliphatic heterocycles. The molecule has 9 nitrogen and oxygen atoms in total. The van der Waals surface area contributed by atoms with E-state index in [0.29, 0.717) is 30.5 Å². The van der Waals surface area contributed by atoms with E-state index in [1.165, 1.54) is 27.2 Å². The maximum Gasteiger partial charge on any atom is 0.417 e. The number of nitrogens with zero attached hydrogens (tertiary/aromatic N) is 3. The largest absolute Gasteiger partial charge is 0.417 e. The Hall–Kier alpha value is -2.72. The fraction of sp³-hybridized carbons (Fsp3) is 0.421. The van der Waals surface area contributed by atoms with Gasteiger partial charge in [-0.25, -0.2) is 17.9 Å². The minimum atomic E-state index is -3.79. The summed E-state index contributed by atoms with van der Waals surface area (Å²) in [6.45, 7) is 0.614. The first-order chi connectivity index (χ1) is 13.9. The molecule has 2 aromatic heterocycles. The Balaban J connectivity index is 1.46. The number of benzene rings is 1. The van der Waals surface area contributed by atoms with Crippen LogP contribution >= 0.6 is 0 Å². The lowest BCUT2D eigenvalue weighted by atomic mass is 10.2. The van der Waals surface area contributed by atoms with Gasteiger partial charge in [0, 0.05) is 18.7 Å². The summed E-state index contributed by atoms with van der Waals surface area (Å²) in [5, 5.41) is 4.48. The van der Waals surface area contributed by atoms with Gasteiger partial charge in [0.05, 0.1) is 22.7 Å². The monoisotopic (exact) mass is 416 g/mol. The Kier molecular flexibility index (Phi) is 4.21. The summed E-state index contributed by atoms with van der Waals surface area (Å²) < 4.78 is 34.3. The van der Waals surface area contributed by atoms with Gasteiger partial charge in [0.1, 0.15) is 0 Å². The maximum atomic E-state index is 13.3. The topological polar surface area (TPSA) is 118 Å². The van der Waals surface area contributed by atoms with Crippen molar-refractivity contribution in [1.29, 1.82) is 0 Å². The number of fused-ring (bicyclic) bond motifs is 2. The van der Waals surface area contributed by atoms with Crippen LogP contribution in [0.3, 0.4) is 0 Å². The van der Waals surface area contributed by atoms with Crippen LogP contribution in [0.25, 0.3) is 11.1 Å². The number of H-pyrrole nitrogens is 1. The van der Waals surface area contributed by atoms with Crippen LogP contribution in [0, 0.1) is 0 Å². The number of oxazole rings is 1. The highest BCUT2D eigenvalue weighted by Crippen LogP contribution is 2.28. The number of nitrogens with one attached hydrogen (secondary N) is 1. The second-order valence-corrected chi connectivity index (χ2v) is 9.47. The number of rotatable bonds is 4. The molecule has 152 valence electrons. The lowest BCUT2D eigenvalue weighted by Crippen LogP contribution is -2.40. The normalized spacial score (nSPS) is 19.8. The van der Waals surface area contributed by atoms with E-state index >= 15 is 0 Å². The SMILES string of the molecule is O=c1[nH]c2cc(S(=O)(=O)N3CCCC3Cn3nc4c(cc3=O)CCC4)ccc2o1. The van der Waals surface area contributed by atoms with Gasteiger partial charge in [0.15, 0.2) is 5.58 Å². The van der Waals surface area contributed by atoms with Crippen molar-refractivity contribution in [3.8, 4) is 0 Å². The van der Waals surface area contributed by atoms with Crippen molar-refractivity contribution in [3.63, 3.8) is 0 Å². The van der Waals surface area contributed by atoms with Crippen LogP contribution in [-0.2, 0) is 29.4 Å². The lowest BCUT2D eigenvalue weighted by molar-refractivity contribution is 0.334. The molecular formula is C19H20N4O5S. The summed E-state index contributed by atoms with van der Waals surface area (Å²) in [6, 6.07) is 5.60. The second-order valence-electron chi connectivity index (χ2n) is 7.57. The molecule has 0 amide bonds. The molecule has 3 aromatic rings. The van der Waals surface area contributed by atoms with E-state index in [1.54, 1.807) is 6.07 Å². The Labute approximate surface area is 166 Å². The fourth-order valence-corrected chi connectivity index (χ4v) is 6.02. The van der Waals surface area contributed by atoms with E-state index in [0.717, 1.165) is 30.5 Å². The van der Waals surface area contributed by atoms with E-state index in [-0.39, 0.29) is 23.0 Å². The third-order valence-electron chi connectivity index (χ3n) is 5.73. The van der Waals surface area contributed by atoms with E-state index in [4.69, 9.17) is 4.42 Å². The summed E-state index contributed by atoms with van der Waals surface area (Å²) in [4.78, 5) is 26.4. The fourth-order valence-electron chi connectivity index (χ4n) is 4.30. The first-order valence-electron chi connectivity index (χ1n) is 9.66. The van der Waals surface area contributed by atoms with Crippen molar-refractivity contribution in [2.75, 3.05) is 6.54 Å². The van der Waals surface area contributed by atoms with Crippen molar-refractivity contribution >= 4 is 21.1 Å². The van der Waals surface area contributed by atoms with Crippen molar-refractivity contribution in [1.82, 2.24) is 19.1 Å². The Morgan fingerprint density at radius 1 is 1.17 bits per heavy atom. The standard InChI is InChI=1S/C19H20N4O5S/c24-18-9-12-3-1-5-15(12)21-22(18)11-13-4-2-8-23(13)29(26,27)14-6-7-17-16(10-14)20-19(25)28-17/h6-7,9-10,13H,1-5,8,11H2,(H,20,25). The molecule has 0 radical (unpaired) electrons. The molecular weight excluding hydrogens is 396 g/mol. The van der Waals surface area contributed by atoms with Gasteiger partial charge in [-0.05, 0) is 55.9 Å². The van der Waals surface area contributed by atoms with Gasteiger partial charge in [-0.2, -0.15) is 9.40 Å². The zero-order chi connectivity index (χ0) is 20.2. The molecule has 5 rings (SSSR count). The number of aromatic amines is 1. The first-order valence-corrected chi connectivity index (χ1v) is 11.1. The maximum absolute atomic E-state index is 13.3. The summed E-state index contributed by atoms with van der Waals surface area (Å²) in [5.41, 5.74) is 2.40. The van der Waals surface area contributed by atoms with Gasteiger partial charge in [0.25, 0.3) is 5.56 Å². The predicted molar refractivity (Wildman–Crippen MR) is 104 cm³/mol. The third kappa shape index (κ3) is 3.12. The molecule has 10 heteroatoms. The zero-order valence-electron chi connectivity index (χ0n) is 15.6. The smallest absolute Gasteiger partial charge is 0.408 e. The van der Waals surface area contributed by atoms with Crippen molar-refractivity contribution < 1.29 is 12.8 Å². The van der Waals surface area contributed by atoms with Gasteiger partial charge in [0.2, 0.25) is 10.0 Å². The summed E-state index contributed by atoms with van der Waals surface area (Å²) in [5.74, 6) is -0.629.